The maximum atomic E-state index is 12.0. The van der Waals surface area contributed by atoms with Crippen molar-refractivity contribution in [3.63, 3.8) is 0 Å². The number of hydrogen-bond acceptors (Lipinski definition) is 2. The minimum absolute atomic E-state index is 0.0365. The van der Waals surface area contributed by atoms with Crippen LogP contribution in [-0.2, 0) is 9.59 Å². The van der Waals surface area contributed by atoms with Gasteiger partial charge < -0.3 is 10.4 Å². The molecule has 0 saturated carbocycles. The van der Waals surface area contributed by atoms with Crippen molar-refractivity contribution in [2.75, 3.05) is 0 Å². The number of rotatable bonds is 6. The number of amides is 1. The van der Waals surface area contributed by atoms with Gasteiger partial charge in [0, 0.05) is 12.5 Å². The topological polar surface area (TPSA) is 66.4 Å². The van der Waals surface area contributed by atoms with E-state index in [1.807, 2.05) is 20.8 Å². The summed E-state index contributed by atoms with van der Waals surface area (Å²) in [6, 6.07) is 0.0851. The maximum Gasteiger partial charge on any atom is 0.307 e. The van der Waals surface area contributed by atoms with Gasteiger partial charge in [-0.05, 0) is 17.3 Å². The van der Waals surface area contributed by atoms with Gasteiger partial charge in [0.15, 0.2) is 0 Å². The monoisotopic (exact) mass is 271 g/mol. The van der Waals surface area contributed by atoms with Crippen LogP contribution in [0.4, 0.5) is 0 Å². The molecule has 0 fully saturated rings. The van der Waals surface area contributed by atoms with Crippen molar-refractivity contribution in [2.45, 2.75) is 60.9 Å². The molecule has 0 unspecified atom stereocenters. The summed E-state index contributed by atoms with van der Waals surface area (Å²) in [5.74, 6) is -1.07. The van der Waals surface area contributed by atoms with Crippen molar-refractivity contribution in [3.05, 3.63) is 0 Å². The van der Waals surface area contributed by atoms with Gasteiger partial charge in [-0.3, -0.25) is 9.59 Å². The van der Waals surface area contributed by atoms with Crippen LogP contribution in [-0.4, -0.2) is 23.0 Å². The van der Waals surface area contributed by atoms with Gasteiger partial charge in [0.25, 0.3) is 0 Å². The van der Waals surface area contributed by atoms with E-state index in [1.54, 1.807) is 0 Å². The first-order valence-electron chi connectivity index (χ1n) is 6.99. The Morgan fingerprint density at radius 3 is 1.74 bits per heavy atom. The quantitative estimate of drug-likeness (QED) is 0.780. The predicted molar refractivity (Wildman–Crippen MR) is 76.8 cm³/mol. The van der Waals surface area contributed by atoms with E-state index in [4.69, 9.17) is 0 Å². The van der Waals surface area contributed by atoms with Crippen LogP contribution in [0.15, 0.2) is 0 Å². The van der Waals surface area contributed by atoms with Gasteiger partial charge in [-0.1, -0.05) is 48.5 Å². The van der Waals surface area contributed by atoms with E-state index in [1.165, 1.54) is 0 Å². The summed E-state index contributed by atoms with van der Waals surface area (Å²) in [6.07, 6.45) is 0.0365. The molecule has 0 aliphatic rings. The number of aliphatic carboxylic acids is 1. The lowest BCUT2D eigenvalue weighted by atomic mass is 9.78. The van der Waals surface area contributed by atoms with Crippen molar-refractivity contribution < 1.29 is 14.7 Å². The second kappa shape index (κ2) is 6.92. The molecule has 0 aliphatic heterocycles. The number of carbonyl (C=O) groups excluding carboxylic acids is 1. The Bertz CT molecular complexity index is 308. The largest absolute Gasteiger partial charge is 0.481 e. The number of carboxylic acids is 1. The van der Waals surface area contributed by atoms with Gasteiger partial charge in [0.2, 0.25) is 5.91 Å². The molecule has 0 rings (SSSR count). The van der Waals surface area contributed by atoms with Crippen LogP contribution in [0.2, 0.25) is 0 Å². The molecule has 0 heterocycles. The van der Waals surface area contributed by atoms with E-state index in [0.29, 0.717) is 11.8 Å². The normalized spacial score (nSPS) is 14.0. The Labute approximate surface area is 117 Å². The summed E-state index contributed by atoms with van der Waals surface area (Å²) in [4.78, 5) is 23.3. The molecule has 4 heteroatoms. The van der Waals surface area contributed by atoms with Crippen LogP contribution >= 0.6 is 0 Å². The van der Waals surface area contributed by atoms with Crippen LogP contribution in [0.3, 0.4) is 0 Å². The third kappa shape index (κ3) is 6.08. The fraction of sp³-hybridized carbons (Fsp3) is 0.867. The molecule has 1 amide bonds. The molecule has 19 heavy (non-hydrogen) atoms. The zero-order chi connectivity index (χ0) is 15.4. The minimum Gasteiger partial charge on any atom is -0.481 e. The predicted octanol–water partition coefficient (Wildman–Crippen LogP) is 2.92. The number of hydrogen-bond donors (Lipinski definition) is 2. The van der Waals surface area contributed by atoms with E-state index >= 15 is 0 Å². The van der Waals surface area contributed by atoms with Gasteiger partial charge in [-0.25, -0.2) is 0 Å². The van der Waals surface area contributed by atoms with Crippen LogP contribution in [0.25, 0.3) is 0 Å². The van der Waals surface area contributed by atoms with Gasteiger partial charge in [-0.15, -0.1) is 0 Å². The van der Waals surface area contributed by atoms with Crippen LogP contribution in [0.5, 0.6) is 0 Å². The van der Waals surface area contributed by atoms with Crippen LogP contribution in [0, 0.1) is 23.2 Å². The van der Waals surface area contributed by atoms with Crippen LogP contribution < -0.4 is 5.32 Å². The summed E-state index contributed by atoms with van der Waals surface area (Å²) in [6.45, 7) is 13.8. The second-order valence-corrected chi connectivity index (χ2v) is 7.04. The van der Waals surface area contributed by atoms with E-state index in [0.717, 1.165) is 0 Å². The molecule has 0 radical (unpaired) electrons. The molecule has 0 bridgehead atoms. The van der Waals surface area contributed by atoms with Crippen molar-refractivity contribution >= 4 is 11.9 Å². The molecule has 0 spiro atoms. The average Bonchev–Trinajstić information content (AvgIpc) is 2.19. The molecular weight excluding hydrogens is 242 g/mol. The zero-order valence-corrected chi connectivity index (χ0v) is 13.3. The third-order valence-electron chi connectivity index (χ3n) is 3.50. The summed E-state index contributed by atoms with van der Waals surface area (Å²) in [5.41, 5.74) is -0.422. The standard InChI is InChI=1S/C15H29NO3/c1-9(2)13(10(3)4)16-12(17)8-11(14(18)19)15(5,6)7/h9-11,13H,8H2,1-7H3,(H,16,17)(H,18,19)/t11-/m0/s1. The smallest absolute Gasteiger partial charge is 0.307 e. The number of nitrogens with one attached hydrogen (secondary N) is 1. The van der Waals surface area contributed by atoms with E-state index < -0.39 is 17.3 Å². The molecule has 0 saturated heterocycles. The Morgan fingerprint density at radius 2 is 1.47 bits per heavy atom. The molecule has 1 atom stereocenters. The van der Waals surface area contributed by atoms with Gasteiger partial charge in [0.05, 0.1) is 5.92 Å². The lowest BCUT2D eigenvalue weighted by Gasteiger charge is -2.29. The Morgan fingerprint density at radius 1 is 1.05 bits per heavy atom. The van der Waals surface area contributed by atoms with Crippen molar-refractivity contribution in [1.29, 1.82) is 0 Å². The molecular formula is C15H29NO3. The molecule has 0 aromatic carbocycles. The highest BCUT2D eigenvalue weighted by molar-refractivity contribution is 5.82. The Balaban J connectivity index is 4.71. The number of carboxylic acid groups (broad SMARTS) is 1. The first-order chi connectivity index (χ1) is 8.46. The zero-order valence-electron chi connectivity index (χ0n) is 13.3. The molecule has 112 valence electrons. The Kier molecular flexibility index (Phi) is 6.53. The van der Waals surface area contributed by atoms with E-state index in [9.17, 15) is 14.7 Å². The average molecular weight is 271 g/mol. The Hall–Kier alpha value is -1.06. The highest BCUT2D eigenvalue weighted by Crippen LogP contribution is 2.29. The van der Waals surface area contributed by atoms with Crippen LogP contribution in [0.1, 0.15) is 54.9 Å². The molecule has 4 nitrogen and oxygen atoms in total. The first-order valence-corrected chi connectivity index (χ1v) is 6.99. The van der Waals surface area contributed by atoms with Crippen molar-refractivity contribution in [2.24, 2.45) is 23.2 Å². The molecule has 0 aromatic heterocycles. The third-order valence-corrected chi connectivity index (χ3v) is 3.50. The van der Waals surface area contributed by atoms with Crippen molar-refractivity contribution in [1.82, 2.24) is 5.32 Å². The SMILES string of the molecule is CC(C)C(NC(=O)C[C@@H](C(=O)O)C(C)(C)C)C(C)C. The number of carbonyl (C=O) groups is 2. The summed E-state index contributed by atoms with van der Waals surface area (Å²) in [7, 11) is 0. The van der Waals surface area contributed by atoms with Gasteiger partial charge in [-0.2, -0.15) is 0 Å². The summed E-state index contributed by atoms with van der Waals surface area (Å²) >= 11 is 0. The lowest BCUT2D eigenvalue weighted by molar-refractivity contribution is -0.148. The lowest BCUT2D eigenvalue weighted by Crippen LogP contribution is -2.44. The summed E-state index contributed by atoms with van der Waals surface area (Å²) in [5, 5.41) is 12.2. The van der Waals surface area contributed by atoms with E-state index in [2.05, 4.69) is 33.0 Å². The maximum absolute atomic E-state index is 12.0. The highest BCUT2D eigenvalue weighted by Gasteiger charge is 2.33. The fourth-order valence-corrected chi connectivity index (χ4v) is 2.30. The first kappa shape index (κ1) is 17.9. The van der Waals surface area contributed by atoms with E-state index in [-0.39, 0.29) is 18.4 Å². The minimum atomic E-state index is -0.909. The van der Waals surface area contributed by atoms with Gasteiger partial charge >= 0.3 is 5.97 Å². The van der Waals surface area contributed by atoms with Gasteiger partial charge in [0.1, 0.15) is 0 Å². The molecule has 2 N–H and O–H groups in total. The fourth-order valence-electron chi connectivity index (χ4n) is 2.30. The van der Waals surface area contributed by atoms with Crippen molar-refractivity contribution in [3.8, 4) is 0 Å². The molecule has 0 aliphatic carbocycles. The second-order valence-electron chi connectivity index (χ2n) is 7.04. The molecule has 0 aromatic rings. The highest BCUT2D eigenvalue weighted by atomic mass is 16.4. The summed E-state index contributed by atoms with van der Waals surface area (Å²) < 4.78 is 0.